The molecule has 2 rings (SSSR count). The van der Waals surface area contributed by atoms with Gasteiger partial charge in [-0.05, 0) is 30.5 Å². The van der Waals surface area contributed by atoms with E-state index in [1.165, 1.54) is 17.6 Å². The summed E-state index contributed by atoms with van der Waals surface area (Å²) in [6.07, 6.45) is 1.49. The van der Waals surface area contributed by atoms with Crippen LogP contribution in [-0.4, -0.2) is 24.1 Å². The maximum Gasteiger partial charge on any atom is 0.139 e. The standard InChI is InChI=1S/C16H23N5/c1-10(2)14-15(17)18-9-19-16(14)20-12-7-6-11(3)13(8-12)21(4)5/h6-10H,1-5H3,(H3,17,18,19,20). The third-order valence-electron chi connectivity index (χ3n) is 3.45. The molecule has 0 saturated heterocycles. The SMILES string of the molecule is Cc1ccc(Nc2ncnc(N)c2C(C)C)cc1N(C)C. The zero-order chi connectivity index (χ0) is 15.6. The summed E-state index contributed by atoms with van der Waals surface area (Å²) >= 11 is 0. The molecule has 0 aliphatic rings. The molecule has 1 heterocycles. The molecular weight excluding hydrogens is 262 g/mol. The van der Waals surface area contributed by atoms with Gasteiger partial charge in [0.05, 0.1) is 0 Å². The van der Waals surface area contributed by atoms with Crippen molar-refractivity contribution in [3.8, 4) is 0 Å². The van der Waals surface area contributed by atoms with Crippen LogP contribution in [-0.2, 0) is 0 Å². The highest BCUT2D eigenvalue weighted by atomic mass is 15.1. The van der Waals surface area contributed by atoms with E-state index in [9.17, 15) is 0 Å². The van der Waals surface area contributed by atoms with E-state index in [4.69, 9.17) is 5.73 Å². The molecule has 0 aliphatic heterocycles. The molecule has 21 heavy (non-hydrogen) atoms. The molecule has 0 unspecified atom stereocenters. The van der Waals surface area contributed by atoms with Crippen LogP contribution in [0, 0.1) is 6.92 Å². The van der Waals surface area contributed by atoms with Crippen LogP contribution in [0.5, 0.6) is 0 Å². The fourth-order valence-electron chi connectivity index (χ4n) is 2.38. The lowest BCUT2D eigenvalue weighted by Crippen LogP contribution is -2.11. The Kier molecular flexibility index (Phi) is 4.31. The Morgan fingerprint density at radius 3 is 2.52 bits per heavy atom. The molecule has 5 heteroatoms. The van der Waals surface area contributed by atoms with Crippen LogP contribution in [0.25, 0.3) is 0 Å². The van der Waals surface area contributed by atoms with Gasteiger partial charge in [-0.15, -0.1) is 0 Å². The minimum Gasteiger partial charge on any atom is -0.383 e. The smallest absolute Gasteiger partial charge is 0.139 e. The number of aryl methyl sites for hydroxylation is 1. The Balaban J connectivity index is 2.39. The Labute approximate surface area is 126 Å². The zero-order valence-corrected chi connectivity index (χ0v) is 13.3. The van der Waals surface area contributed by atoms with Crippen molar-refractivity contribution >= 4 is 23.0 Å². The maximum absolute atomic E-state index is 5.98. The number of nitrogens with two attached hydrogens (primary N) is 1. The number of hydrogen-bond acceptors (Lipinski definition) is 5. The van der Waals surface area contributed by atoms with Crippen LogP contribution in [0.15, 0.2) is 24.5 Å². The van der Waals surface area contributed by atoms with Gasteiger partial charge >= 0.3 is 0 Å². The topological polar surface area (TPSA) is 67.1 Å². The third kappa shape index (κ3) is 3.24. The van der Waals surface area contributed by atoms with E-state index < -0.39 is 0 Å². The van der Waals surface area contributed by atoms with E-state index in [1.807, 2.05) is 20.2 Å². The molecule has 5 nitrogen and oxygen atoms in total. The molecule has 1 aromatic heterocycles. The van der Waals surface area contributed by atoms with Crippen molar-refractivity contribution in [1.29, 1.82) is 0 Å². The largest absolute Gasteiger partial charge is 0.383 e. The second-order valence-electron chi connectivity index (χ2n) is 5.70. The van der Waals surface area contributed by atoms with E-state index in [2.05, 4.69) is 53.1 Å². The summed E-state index contributed by atoms with van der Waals surface area (Å²) in [7, 11) is 4.07. The molecule has 0 saturated carbocycles. The number of aromatic nitrogens is 2. The van der Waals surface area contributed by atoms with Crippen molar-refractivity contribution < 1.29 is 0 Å². The lowest BCUT2D eigenvalue weighted by Gasteiger charge is -2.19. The van der Waals surface area contributed by atoms with Crippen molar-refractivity contribution in [1.82, 2.24) is 9.97 Å². The van der Waals surface area contributed by atoms with Gasteiger partial charge in [0.25, 0.3) is 0 Å². The lowest BCUT2D eigenvalue weighted by atomic mass is 10.0. The van der Waals surface area contributed by atoms with Crippen molar-refractivity contribution in [2.45, 2.75) is 26.7 Å². The first-order valence-corrected chi connectivity index (χ1v) is 7.05. The molecule has 2 aromatic rings. The lowest BCUT2D eigenvalue weighted by molar-refractivity contribution is 0.855. The van der Waals surface area contributed by atoms with Gasteiger partial charge in [0, 0.05) is 31.0 Å². The normalized spacial score (nSPS) is 10.8. The Hall–Kier alpha value is -2.30. The van der Waals surface area contributed by atoms with E-state index in [0.717, 1.165) is 17.1 Å². The van der Waals surface area contributed by atoms with E-state index >= 15 is 0 Å². The number of benzene rings is 1. The molecule has 0 atom stereocenters. The summed E-state index contributed by atoms with van der Waals surface area (Å²) in [6.45, 7) is 6.27. The number of nitrogens with one attached hydrogen (secondary N) is 1. The quantitative estimate of drug-likeness (QED) is 0.902. The number of nitrogens with zero attached hydrogens (tertiary/aromatic N) is 3. The summed E-state index contributed by atoms with van der Waals surface area (Å²) in [6, 6.07) is 6.25. The number of hydrogen-bond donors (Lipinski definition) is 2. The van der Waals surface area contributed by atoms with E-state index in [-0.39, 0.29) is 5.92 Å². The molecule has 0 amide bonds. The molecule has 112 valence electrons. The van der Waals surface area contributed by atoms with Crippen molar-refractivity contribution in [2.24, 2.45) is 0 Å². The molecular formula is C16H23N5. The third-order valence-corrected chi connectivity index (χ3v) is 3.45. The monoisotopic (exact) mass is 285 g/mol. The van der Waals surface area contributed by atoms with Gasteiger partial charge < -0.3 is 16.0 Å². The van der Waals surface area contributed by atoms with Gasteiger partial charge in [-0.2, -0.15) is 0 Å². The molecule has 1 aromatic carbocycles. The van der Waals surface area contributed by atoms with E-state index in [1.54, 1.807) is 0 Å². The van der Waals surface area contributed by atoms with Crippen molar-refractivity contribution in [2.75, 3.05) is 30.0 Å². The first kappa shape index (κ1) is 15.1. The first-order valence-electron chi connectivity index (χ1n) is 7.05. The Bertz CT molecular complexity index is 635. The van der Waals surface area contributed by atoms with Crippen LogP contribution in [0.1, 0.15) is 30.9 Å². The van der Waals surface area contributed by atoms with Crippen LogP contribution in [0.4, 0.5) is 23.0 Å². The molecule has 0 radical (unpaired) electrons. The van der Waals surface area contributed by atoms with E-state index in [0.29, 0.717) is 5.82 Å². The summed E-state index contributed by atoms with van der Waals surface area (Å²) in [5, 5.41) is 3.36. The average molecular weight is 285 g/mol. The van der Waals surface area contributed by atoms with Crippen molar-refractivity contribution in [3.05, 3.63) is 35.7 Å². The molecule has 0 bridgehead atoms. The summed E-state index contributed by atoms with van der Waals surface area (Å²) < 4.78 is 0. The van der Waals surface area contributed by atoms with Crippen LogP contribution in [0.3, 0.4) is 0 Å². The Morgan fingerprint density at radius 1 is 1.19 bits per heavy atom. The fraction of sp³-hybridized carbons (Fsp3) is 0.375. The zero-order valence-electron chi connectivity index (χ0n) is 13.3. The van der Waals surface area contributed by atoms with Gasteiger partial charge in [0.1, 0.15) is 18.0 Å². The predicted octanol–water partition coefficient (Wildman–Crippen LogP) is 3.30. The van der Waals surface area contributed by atoms with Crippen LogP contribution in [0.2, 0.25) is 0 Å². The maximum atomic E-state index is 5.98. The minimum atomic E-state index is 0.257. The fourth-order valence-corrected chi connectivity index (χ4v) is 2.38. The molecule has 0 aliphatic carbocycles. The first-order chi connectivity index (χ1) is 9.90. The van der Waals surface area contributed by atoms with Crippen LogP contribution >= 0.6 is 0 Å². The summed E-state index contributed by atoms with van der Waals surface area (Å²) in [5.41, 5.74) is 10.3. The second-order valence-corrected chi connectivity index (χ2v) is 5.70. The summed E-state index contributed by atoms with van der Waals surface area (Å²) in [5.74, 6) is 1.56. The number of nitrogen functional groups attached to an aromatic ring is 1. The molecule has 0 fully saturated rings. The number of anilines is 4. The van der Waals surface area contributed by atoms with Gasteiger partial charge in [0.15, 0.2) is 0 Å². The minimum absolute atomic E-state index is 0.257. The molecule has 3 N–H and O–H groups in total. The van der Waals surface area contributed by atoms with Crippen molar-refractivity contribution in [3.63, 3.8) is 0 Å². The van der Waals surface area contributed by atoms with Gasteiger partial charge in [-0.3, -0.25) is 0 Å². The highest BCUT2D eigenvalue weighted by molar-refractivity contribution is 5.69. The highest BCUT2D eigenvalue weighted by Gasteiger charge is 2.13. The highest BCUT2D eigenvalue weighted by Crippen LogP contribution is 2.30. The van der Waals surface area contributed by atoms with Crippen LogP contribution < -0.4 is 16.0 Å². The second kappa shape index (κ2) is 5.99. The summed E-state index contributed by atoms with van der Waals surface area (Å²) in [4.78, 5) is 10.5. The molecule has 0 spiro atoms. The Morgan fingerprint density at radius 2 is 1.90 bits per heavy atom. The van der Waals surface area contributed by atoms with Gasteiger partial charge in [-0.1, -0.05) is 19.9 Å². The van der Waals surface area contributed by atoms with Gasteiger partial charge in [-0.25, -0.2) is 9.97 Å². The predicted molar refractivity (Wildman–Crippen MR) is 89.3 cm³/mol. The average Bonchev–Trinajstić information content (AvgIpc) is 2.40. The number of rotatable bonds is 4. The van der Waals surface area contributed by atoms with Gasteiger partial charge in [0.2, 0.25) is 0 Å².